The molecule has 1 aliphatic rings. The van der Waals surface area contributed by atoms with Gasteiger partial charge in [0.25, 0.3) is 0 Å². The molecular weight excluding hydrogens is 232 g/mol. The van der Waals surface area contributed by atoms with Crippen LogP contribution in [0.3, 0.4) is 0 Å². The number of aliphatic hydroxyl groups is 1. The van der Waals surface area contributed by atoms with Crippen LogP contribution < -0.4 is 9.47 Å². The summed E-state index contributed by atoms with van der Waals surface area (Å²) in [4.78, 5) is 0. The largest absolute Gasteiger partial charge is 0.497 e. The van der Waals surface area contributed by atoms with Gasteiger partial charge in [0.05, 0.1) is 19.8 Å². The second kappa shape index (κ2) is 5.16. The van der Waals surface area contributed by atoms with Crippen molar-refractivity contribution in [1.82, 2.24) is 0 Å². The van der Waals surface area contributed by atoms with Gasteiger partial charge in [-0.1, -0.05) is 0 Å². The van der Waals surface area contributed by atoms with Crippen LogP contribution in [0.2, 0.25) is 0 Å². The molecule has 1 aromatic carbocycles. The van der Waals surface area contributed by atoms with Crippen molar-refractivity contribution in [2.45, 2.75) is 31.5 Å². The summed E-state index contributed by atoms with van der Waals surface area (Å²) in [6.07, 6.45) is 1.16. The summed E-state index contributed by atoms with van der Waals surface area (Å²) in [6.45, 7) is 2.64. The molecule has 100 valence electrons. The summed E-state index contributed by atoms with van der Waals surface area (Å²) < 4.78 is 16.1. The Bertz CT molecular complexity index is 388. The van der Waals surface area contributed by atoms with Crippen LogP contribution in [0.25, 0.3) is 0 Å². The molecule has 1 saturated heterocycles. The third kappa shape index (κ3) is 2.44. The van der Waals surface area contributed by atoms with Crippen molar-refractivity contribution in [1.29, 1.82) is 0 Å². The molecule has 1 N–H and O–H groups in total. The lowest BCUT2D eigenvalue weighted by molar-refractivity contribution is -0.0797. The molecule has 1 aromatic rings. The summed E-state index contributed by atoms with van der Waals surface area (Å²) in [5.74, 6) is 1.34. The van der Waals surface area contributed by atoms with Gasteiger partial charge in [0, 0.05) is 12.7 Å². The smallest absolute Gasteiger partial charge is 0.122 e. The molecule has 2 rings (SSSR count). The van der Waals surface area contributed by atoms with E-state index in [1.165, 1.54) is 0 Å². The topological polar surface area (TPSA) is 47.9 Å². The first-order chi connectivity index (χ1) is 8.59. The Hall–Kier alpha value is -1.26. The Balaban J connectivity index is 2.31. The van der Waals surface area contributed by atoms with Gasteiger partial charge in [-0.3, -0.25) is 0 Å². The predicted molar refractivity (Wildman–Crippen MR) is 68.1 cm³/mol. The first kappa shape index (κ1) is 13.2. The quantitative estimate of drug-likeness (QED) is 0.893. The molecule has 2 atom stereocenters. The van der Waals surface area contributed by atoms with E-state index in [9.17, 15) is 5.11 Å². The van der Waals surface area contributed by atoms with E-state index >= 15 is 0 Å². The zero-order valence-corrected chi connectivity index (χ0v) is 11.1. The summed E-state index contributed by atoms with van der Waals surface area (Å²) in [5, 5.41) is 10.5. The monoisotopic (exact) mass is 252 g/mol. The zero-order chi connectivity index (χ0) is 13.2. The average molecular weight is 252 g/mol. The molecule has 0 amide bonds. The van der Waals surface area contributed by atoms with Crippen molar-refractivity contribution in [3.8, 4) is 11.5 Å². The molecule has 0 bridgehead atoms. The summed E-state index contributed by atoms with van der Waals surface area (Å²) in [5.41, 5.74) is 0.243. The van der Waals surface area contributed by atoms with Gasteiger partial charge in [0.2, 0.25) is 0 Å². The third-order valence-corrected chi connectivity index (χ3v) is 3.52. The highest BCUT2D eigenvalue weighted by molar-refractivity contribution is 5.40. The minimum atomic E-state index is -0.677. The maximum atomic E-state index is 10.5. The highest BCUT2D eigenvalue weighted by Gasteiger charge is 2.38. The fraction of sp³-hybridized carbons (Fsp3) is 0.571. The van der Waals surface area contributed by atoms with Gasteiger partial charge >= 0.3 is 0 Å². The van der Waals surface area contributed by atoms with Gasteiger partial charge in [-0.15, -0.1) is 0 Å². The highest BCUT2D eigenvalue weighted by Crippen LogP contribution is 2.39. The van der Waals surface area contributed by atoms with E-state index in [2.05, 4.69) is 0 Å². The fourth-order valence-corrected chi connectivity index (χ4v) is 2.36. The lowest BCUT2D eigenvalue weighted by atomic mass is 9.90. The minimum absolute atomic E-state index is 0.516. The van der Waals surface area contributed by atoms with Gasteiger partial charge in [0.15, 0.2) is 0 Å². The molecule has 0 saturated carbocycles. The van der Waals surface area contributed by atoms with Crippen molar-refractivity contribution in [2.24, 2.45) is 0 Å². The van der Waals surface area contributed by atoms with Crippen molar-refractivity contribution >= 4 is 0 Å². The van der Waals surface area contributed by atoms with Crippen molar-refractivity contribution in [3.63, 3.8) is 0 Å². The van der Waals surface area contributed by atoms with E-state index in [4.69, 9.17) is 14.2 Å². The van der Waals surface area contributed by atoms with Crippen LogP contribution in [0.15, 0.2) is 18.2 Å². The van der Waals surface area contributed by atoms with Gasteiger partial charge < -0.3 is 19.3 Å². The first-order valence-electron chi connectivity index (χ1n) is 6.14. The summed E-state index contributed by atoms with van der Waals surface area (Å²) in [6, 6.07) is 5.42. The number of rotatable bonds is 4. The number of hydrogen-bond acceptors (Lipinski definition) is 4. The van der Waals surface area contributed by atoms with Gasteiger partial charge in [-0.2, -0.15) is 0 Å². The van der Waals surface area contributed by atoms with Gasteiger partial charge in [-0.05, 0) is 37.5 Å². The average Bonchev–Trinajstić information content (AvgIpc) is 2.85. The SMILES string of the molecule is COc1cc(OC)cc(C(O)C2(C)CCCO2)c1. The molecule has 1 heterocycles. The molecule has 1 aliphatic heterocycles. The van der Waals surface area contributed by atoms with E-state index in [0.717, 1.165) is 18.4 Å². The number of aliphatic hydroxyl groups excluding tert-OH is 1. The van der Waals surface area contributed by atoms with Crippen LogP contribution in [-0.4, -0.2) is 31.5 Å². The molecule has 0 radical (unpaired) electrons. The lowest BCUT2D eigenvalue weighted by Gasteiger charge is -2.29. The molecule has 0 aromatic heterocycles. The molecule has 4 heteroatoms. The number of methoxy groups -OCH3 is 2. The third-order valence-electron chi connectivity index (χ3n) is 3.52. The second-order valence-corrected chi connectivity index (χ2v) is 4.81. The van der Waals surface area contributed by atoms with Crippen LogP contribution in [0.5, 0.6) is 11.5 Å². The first-order valence-corrected chi connectivity index (χ1v) is 6.14. The van der Waals surface area contributed by atoms with E-state index in [-0.39, 0.29) is 0 Å². The van der Waals surface area contributed by atoms with Crippen LogP contribution in [-0.2, 0) is 4.74 Å². The normalized spacial score (nSPS) is 24.9. The molecule has 2 unspecified atom stereocenters. The Morgan fingerprint density at radius 1 is 1.22 bits per heavy atom. The fourth-order valence-electron chi connectivity index (χ4n) is 2.36. The van der Waals surface area contributed by atoms with Crippen LogP contribution in [0.1, 0.15) is 31.4 Å². The minimum Gasteiger partial charge on any atom is -0.497 e. The van der Waals surface area contributed by atoms with Crippen LogP contribution in [0, 0.1) is 0 Å². The Labute approximate surface area is 107 Å². The van der Waals surface area contributed by atoms with Gasteiger partial charge in [0.1, 0.15) is 17.6 Å². The Morgan fingerprint density at radius 2 is 1.83 bits per heavy atom. The molecule has 0 aliphatic carbocycles. The van der Waals surface area contributed by atoms with Crippen LogP contribution in [0.4, 0.5) is 0 Å². The predicted octanol–water partition coefficient (Wildman–Crippen LogP) is 2.31. The zero-order valence-electron chi connectivity index (χ0n) is 11.1. The maximum Gasteiger partial charge on any atom is 0.122 e. The van der Waals surface area contributed by atoms with Crippen molar-refractivity contribution in [2.75, 3.05) is 20.8 Å². The number of benzene rings is 1. The molecule has 4 nitrogen and oxygen atoms in total. The maximum absolute atomic E-state index is 10.5. The molecular formula is C14H20O4. The standard InChI is InChI=1S/C14H20O4/c1-14(5-4-6-18-14)13(15)10-7-11(16-2)9-12(8-10)17-3/h7-9,13,15H,4-6H2,1-3H3. The van der Waals surface area contributed by atoms with Gasteiger partial charge in [-0.25, -0.2) is 0 Å². The highest BCUT2D eigenvalue weighted by atomic mass is 16.5. The number of ether oxygens (including phenoxy) is 3. The van der Waals surface area contributed by atoms with Crippen molar-refractivity contribution in [3.05, 3.63) is 23.8 Å². The van der Waals surface area contributed by atoms with E-state index in [1.54, 1.807) is 20.3 Å². The van der Waals surface area contributed by atoms with E-state index in [0.29, 0.717) is 18.1 Å². The lowest BCUT2D eigenvalue weighted by Crippen LogP contribution is -2.31. The second-order valence-electron chi connectivity index (χ2n) is 4.81. The Kier molecular flexibility index (Phi) is 3.78. The molecule has 1 fully saturated rings. The number of hydrogen-bond donors (Lipinski definition) is 1. The van der Waals surface area contributed by atoms with Crippen LogP contribution >= 0.6 is 0 Å². The Morgan fingerprint density at radius 3 is 2.28 bits per heavy atom. The van der Waals surface area contributed by atoms with E-state index < -0.39 is 11.7 Å². The summed E-state index contributed by atoms with van der Waals surface area (Å²) in [7, 11) is 3.19. The molecule has 18 heavy (non-hydrogen) atoms. The van der Waals surface area contributed by atoms with Crippen molar-refractivity contribution < 1.29 is 19.3 Å². The summed E-state index contributed by atoms with van der Waals surface area (Å²) >= 11 is 0. The molecule has 0 spiro atoms. The van der Waals surface area contributed by atoms with E-state index in [1.807, 2.05) is 19.1 Å².